The zero-order chi connectivity index (χ0) is 8.85. The normalized spacial score (nSPS) is 12.4. The largest absolute Gasteiger partial charge is 0.358 e. The lowest BCUT2D eigenvalue weighted by molar-refractivity contribution is 0.360. The Morgan fingerprint density at radius 1 is 1.36 bits per heavy atom. The third kappa shape index (κ3) is 2.91. The molecule has 0 aromatic heterocycles. The molecule has 0 aliphatic rings. The van der Waals surface area contributed by atoms with Gasteiger partial charge in [0.15, 0.2) is 0 Å². The van der Waals surface area contributed by atoms with Crippen LogP contribution in [0.25, 0.3) is 0 Å². The molecule has 0 unspecified atom stereocenters. The standard InChI is InChI=1S/C9H20N2/c1-6-9(10-5)11(7-2)8(3)4/h8H,6-7H2,1-5H3. The van der Waals surface area contributed by atoms with Crippen LogP contribution in [0.2, 0.25) is 0 Å². The van der Waals surface area contributed by atoms with E-state index >= 15 is 0 Å². The van der Waals surface area contributed by atoms with E-state index in [9.17, 15) is 0 Å². The van der Waals surface area contributed by atoms with E-state index in [0.29, 0.717) is 6.04 Å². The van der Waals surface area contributed by atoms with Gasteiger partial charge in [0.25, 0.3) is 0 Å². The van der Waals surface area contributed by atoms with E-state index in [0.717, 1.165) is 13.0 Å². The molecule has 0 rings (SSSR count). The van der Waals surface area contributed by atoms with Crippen LogP contribution in [0.4, 0.5) is 0 Å². The first-order valence-electron chi connectivity index (χ1n) is 4.39. The van der Waals surface area contributed by atoms with Gasteiger partial charge in [-0.3, -0.25) is 4.99 Å². The van der Waals surface area contributed by atoms with Crippen molar-refractivity contribution in [2.45, 2.75) is 40.2 Å². The van der Waals surface area contributed by atoms with E-state index in [-0.39, 0.29) is 0 Å². The van der Waals surface area contributed by atoms with Crippen LogP contribution in [0.5, 0.6) is 0 Å². The van der Waals surface area contributed by atoms with E-state index in [1.165, 1.54) is 5.84 Å². The lowest BCUT2D eigenvalue weighted by atomic mass is 10.3. The lowest BCUT2D eigenvalue weighted by Gasteiger charge is -2.27. The summed E-state index contributed by atoms with van der Waals surface area (Å²) in [6.07, 6.45) is 1.03. The molecule has 11 heavy (non-hydrogen) atoms. The van der Waals surface area contributed by atoms with Crippen molar-refractivity contribution in [3.05, 3.63) is 0 Å². The molecule has 0 spiro atoms. The van der Waals surface area contributed by atoms with Crippen LogP contribution in [0.1, 0.15) is 34.1 Å². The molecular formula is C9H20N2. The van der Waals surface area contributed by atoms with Crippen molar-refractivity contribution < 1.29 is 0 Å². The Balaban J connectivity index is 4.22. The molecule has 0 atom stereocenters. The zero-order valence-electron chi connectivity index (χ0n) is 8.39. The molecule has 0 aromatic rings. The van der Waals surface area contributed by atoms with Crippen molar-refractivity contribution in [1.82, 2.24) is 4.90 Å². The maximum absolute atomic E-state index is 4.24. The predicted molar refractivity (Wildman–Crippen MR) is 51.2 cm³/mol. The van der Waals surface area contributed by atoms with Crippen molar-refractivity contribution in [2.24, 2.45) is 4.99 Å². The molecule has 0 fully saturated rings. The van der Waals surface area contributed by atoms with Crippen LogP contribution in [-0.4, -0.2) is 30.4 Å². The number of hydrogen-bond acceptors (Lipinski definition) is 1. The summed E-state index contributed by atoms with van der Waals surface area (Å²) in [5.74, 6) is 1.21. The number of hydrogen-bond donors (Lipinski definition) is 0. The van der Waals surface area contributed by atoms with Gasteiger partial charge in [-0.2, -0.15) is 0 Å². The Bertz CT molecular complexity index is 128. The van der Waals surface area contributed by atoms with Crippen molar-refractivity contribution >= 4 is 5.84 Å². The number of rotatable bonds is 3. The summed E-state index contributed by atoms with van der Waals surface area (Å²) >= 11 is 0. The van der Waals surface area contributed by atoms with Gasteiger partial charge in [0, 0.05) is 26.1 Å². The summed E-state index contributed by atoms with van der Waals surface area (Å²) in [5.41, 5.74) is 0. The number of amidine groups is 1. The first-order chi connectivity index (χ1) is 5.17. The summed E-state index contributed by atoms with van der Waals surface area (Å²) in [6.45, 7) is 9.76. The molecular weight excluding hydrogens is 136 g/mol. The molecule has 0 aliphatic carbocycles. The second kappa shape index (κ2) is 5.16. The Morgan fingerprint density at radius 3 is 2.00 bits per heavy atom. The quantitative estimate of drug-likeness (QED) is 0.451. The minimum Gasteiger partial charge on any atom is -0.358 e. The topological polar surface area (TPSA) is 15.6 Å². The molecule has 0 N–H and O–H groups in total. The summed E-state index contributed by atoms with van der Waals surface area (Å²) < 4.78 is 0. The Kier molecular flexibility index (Phi) is 4.92. The van der Waals surface area contributed by atoms with Crippen molar-refractivity contribution in [1.29, 1.82) is 0 Å². The minimum absolute atomic E-state index is 0.568. The summed E-state index contributed by atoms with van der Waals surface area (Å²) in [7, 11) is 1.86. The highest BCUT2D eigenvalue weighted by Crippen LogP contribution is 2.01. The van der Waals surface area contributed by atoms with Gasteiger partial charge in [-0.15, -0.1) is 0 Å². The summed E-state index contributed by atoms with van der Waals surface area (Å²) in [5, 5.41) is 0. The molecule has 0 aliphatic heterocycles. The molecule has 0 heterocycles. The van der Waals surface area contributed by atoms with E-state index in [2.05, 4.69) is 37.6 Å². The SMILES string of the molecule is CCC(=NC)N(CC)C(C)C. The molecule has 0 aromatic carbocycles. The molecule has 2 heteroatoms. The maximum atomic E-state index is 4.24. The second-order valence-electron chi connectivity index (χ2n) is 2.87. The lowest BCUT2D eigenvalue weighted by Crippen LogP contribution is -2.36. The molecule has 0 saturated carbocycles. The number of nitrogens with zero attached hydrogens (tertiary/aromatic N) is 2. The Morgan fingerprint density at radius 2 is 1.91 bits per heavy atom. The molecule has 0 bridgehead atoms. The van der Waals surface area contributed by atoms with Crippen LogP contribution < -0.4 is 0 Å². The average Bonchev–Trinajstić information content (AvgIpc) is 1.99. The smallest absolute Gasteiger partial charge is 0.0984 e. The van der Waals surface area contributed by atoms with E-state index in [4.69, 9.17) is 0 Å². The van der Waals surface area contributed by atoms with Crippen LogP contribution in [0.15, 0.2) is 4.99 Å². The van der Waals surface area contributed by atoms with Crippen LogP contribution in [-0.2, 0) is 0 Å². The van der Waals surface area contributed by atoms with Gasteiger partial charge in [0.05, 0.1) is 5.84 Å². The molecule has 0 radical (unpaired) electrons. The molecule has 0 saturated heterocycles. The third-order valence-corrected chi connectivity index (χ3v) is 1.87. The van der Waals surface area contributed by atoms with Crippen LogP contribution in [0.3, 0.4) is 0 Å². The highest BCUT2D eigenvalue weighted by Gasteiger charge is 2.09. The van der Waals surface area contributed by atoms with Crippen LogP contribution >= 0.6 is 0 Å². The monoisotopic (exact) mass is 156 g/mol. The number of aliphatic imine (C=N–C) groups is 1. The van der Waals surface area contributed by atoms with Gasteiger partial charge in [-0.1, -0.05) is 6.92 Å². The average molecular weight is 156 g/mol. The fraction of sp³-hybridized carbons (Fsp3) is 0.889. The predicted octanol–water partition coefficient (Wildman–Crippen LogP) is 2.16. The zero-order valence-corrected chi connectivity index (χ0v) is 8.39. The highest BCUT2D eigenvalue weighted by atomic mass is 15.2. The van der Waals surface area contributed by atoms with Crippen molar-refractivity contribution in [2.75, 3.05) is 13.6 Å². The Hall–Kier alpha value is -0.530. The third-order valence-electron chi connectivity index (χ3n) is 1.87. The summed E-state index contributed by atoms with van der Waals surface area (Å²) in [4.78, 5) is 6.56. The van der Waals surface area contributed by atoms with Crippen molar-refractivity contribution in [3.63, 3.8) is 0 Å². The van der Waals surface area contributed by atoms with E-state index < -0.39 is 0 Å². The maximum Gasteiger partial charge on any atom is 0.0984 e. The van der Waals surface area contributed by atoms with Gasteiger partial charge in [0.1, 0.15) is 0 Å². The molecule has 0 amide bonds. The van der Waals surface area contributed by atoms with Gasteiger partial charge in [0.2, 0.25) is 0 Å². The fourth-order valence-electron chi connectivity index (χ4n) is 1.34. The second-order valence-corrected chi connectivity index (χ2v) is 2.87. The minimum atomic E-state index is 0.568. The Labute approximate surface area is 70.3 Å². The van der Waals surface area contributed by atoms with Crippen molar-refractivity contribution in [3.8, 4) is 0 Å². The van der Waals surface area contributed by atoms with Gasteiger partial charge >= 0.3 is 0 Å². The van der Waals surface area contributed by atoms with Gasteiger partial charge in [-0.25, -0.2) is 0 Å². The fourth-order valence-corrected chi connectivity index (χ4v) is 1.34. The summed E-state index contributed by atoms with van der Waals surface area (Å²) in [6, 6.07) is 0.568. The van der Waals surface area contributed by atoms with E-state index in [1.807, 2.05) is 7.05 Å². The molecule has 2 nitrogen and oxygen atoms in total. The van der Waals surface area contributed by atoms with E-state index in [1.54, 1.807) is 0 Å². The van der Waals surface area contributed by atoms with Gasteiger partial charge in [-0.05, 0) is 20.8 Å². The molecule has 66 valence electrons. The first kappa shape index (κ1) is 10.5. The first-order valence-corrected chi connectivity index (χ1v) is 4.39. The van der Waals surface area contributed by atoms with Gasteiger partial charge < -0.3 is 4.90 Å². The highest BCUT2D eigenvalue weighted by molar-refractivity contribution is 5.82. The van der Waals surface area contributed by atoms with Crippen LogP contribution in [0, 0.1) is 0 Å².